The predicted molar refractivity (Wildman–Crippen MR) is 144 cm³/mol. The molecule has 0 spiro atoms. The van der Waals surface area contributed by atoms with Gasteiger partial charge in [-0.3, -0.25) is 14.2 Å². The highest BCUT2D eigenvalue weighted by atomic mass is 32.1. The number of aliphatic carboxylic acids is 1. The number of carboxylic acids is 1. The van der Waals surface area contributed by atoms with Crippen molar-refractivity contribution in [1.82, 2.24) is 24.7 Å². The van der Waals surface area contributed by atoms with E-state index in [0.29, 0.717) is 24.6 Å². The minimum atomic E-state index is -5.08. The maximum Gasteiger partial charge on any atom is 0.490 e. The van der Waals surface area contributed by atoms with Crippen LogP contribution >= 0.6 is 11.3 Å². The quantitative estimate of drug-likeness (QED) is 0.242. The van der Waals surface area contributed by atoms with Crippen molar-refractivity contribution in [1.29, 1.82) is 0 Å². The molecule has 0 aliphatic carbocycles. The zero-order valence-electron chi connectivity index (χ0n) is 21.0. The van der Waals surface area contributed by atoms with E-state index in [1.165, 1.54) is 16.9 Å². The molecule has 0 radical (unpaired) electrons. The maximum atomic E-state index is 13.0. The SMILES string of the molecule is Cc1ccc(CNC(=O)c2nc(-c3cnc(NCc4ccccn4)s3)n3ccccc23)cc1.O=C(O)C(F)(F)F. The number of benzene rings is 1. The highest BCUT2D eigenvalue weighted by molar-refractivity contribution is 7.18. The molecule has 40 heavy (non-hydrogen) atoms. The Kier molecular flexibility index (Phi) is 8.74. The van der Waals surface area contributed by atoms with Gasteiger partial charge in [0.15, 0.2) is 16.6 Å². The molecule has 206 valence electrons. The third-order valence-corrected chi connectivity index (χ3v) is 6.40. The van der Waals surface area contributed by atoms with Gasteiger partial charge in [-0.1, -0.05) is 53.3 Å². The average molecular weight is 569 g/mol. The topological polar surface area (TPSA) is 122 Å². The Balaban J connectivity index is 0.000000470. The summed E-state index contributed by atoms with van der Waals surface area (Å²) in [6, 6.07) is 19.7. The molecule has 4 heterocycles. The van der Waals surface area contributed by atoms with Crippen molar-refractivity contribution < 1.29 is 27.9 Å². The van der Waals surface area contributed by atoms with Gasteiger partial charge < -0.3 is 15.7 Å². The molecule has 0 saturated heterocycles. The van der Waals surface area contributed by atoms with Crippen molar-refractivity contribution in [2.24, 2.45) is 0 Å². The molecule has 0 atom stereocenters. The zero-order valence-corrected chi connectivity index (χ0v) is 21.8. The Bertz CT molecular complexity index is 1600. The van der Waals surface area contributed by atoms with E-state index < -0.39 is 12.1 Å². The lowest BCUT2D eigenvalue weighted by Crippen LogP contribution is -2.23. The van der Waals surface area contributed by atoms with Gasteiger partial charge in [-0.25, -0.2) is 14.8 Å². The van der Waals surface area contributed by atoms with Crippen LogP contribution in [0, 0.1) is 6.92 Å². The molecule has 5 aromatic rings. The largest absolute Gasteiger partial charge is 0.490 e. The second kappa shape index (κ2) is 12.4. The number of imidazole rings is 1. The minimum absolute atomic E-state index is 0.205. The number of anilines is 1. The van der Waals surface area contributed by atoms with Gasteiger partial charge in [0.1, 0.15) is 0 Å². The van der Waals surface area contributed by atoms with Gasteiger partial charge in [0, 0.05) is 18.9 Å². The van der Waals surface area contributed by atoms with Crippen LogP contribution in [0.15, 0.2) is 79.3 Å². The summed E-state index contributed by atoms with van der Waals surface area (Å²) < 4.78 is 33.7. The number of carbonyl (C=O) groups is 2. The smallest absolute Gasteiger partial charge is 0.475 e. The minimum Gasteiger partial charge on any atom is -0.475 e. The van der Waals surface area contributed by atoms with Crippen molar-refractivity contribution in [3.8, 4) is 10.7 Å². The highest BCUT2D eigenvalue weighted by Gasteiger charge is 2.38. The molecule has 1 amide bonds. The summed E-state index contributed by atoms with van der Waals surface area (Å²) >= 11 is 1.49. The fourth-order valence-electron chi connectivity index (χ4n) is 3.48. The van der Waals surface area contributed by atoms with E-state index in [0.717, 1.165) is 26.8 Å². The van der Waals surface area contributed by atoms with Crippen molar-refractivity contribution in [3.63, 3.8) is 0 Å². The van der Waals surface area contributed by atoms with Gasteiger partial charge >= 0.3 is 12.1 Å². The fourth-order valence-corrected chi connectivity index (χ4v) is 4.28. The van der Waals surface area contributed by atoms with Crippen LogP contribution in [-0.4, -0.2) is 42.5 Å². The zero-order chi connectivity index (χ0) is 28.7. The van der Waals surface area contributed by atoms with Crippen LogP contribution in [0.1, 0.15) is 27.3 Å². The molecule has 0 fully saturated rings. The van der Waals surface area contributed by atoms with Crippen molar-refractivity contribution in [2.45, 2.75) is 26.2 Å². The number of amides is 1. The summed E-state index contributed by atoms with van der Waals surface area (Å²) in [5.41, 5.74) is 4.32. The van der Waals surface area contributed by atoms with Gasteiger partial charge in [0.05, 0.1) is 28.8 Å². The van der Waals surface area contributed by atoms with Crippen LogP contribution in [0.25, 0.3) is 16.2 Å². The molecule has 0 unspecified atom stereocenters. The number of alkyl halides is 3. The number of pyridine rings is 2. The van der Waals surface area contributed by atoms with Crippen LogP contribution in [0.4, 0.5) is 18.3 Å². The number of rotatable bonds is 7. The van der Waals surface area contributed by atoms with Gasteiger partial charge in [-0.2, -0.15) is 13.2 Å². The van der Waals surface area contributed by atoms with Crippen LogP contribution in [0.2, 0.25) is 0 Å². The van der Waals surface area contributed by atoms with E-state index in [4.69, 9.17) is 14.9 Å². The van der Waals surface area contributed by atoms with E-state index in [1.54, 1.807) is 12.4 Å². The second-order valence-corrected chi connectivity index (χ2v) is 9.45. The lowest BCUT2D eigenvalue weighted by atomic mass is 10.1. The molecule has 3 N–H and O–H groups in total. The third-order valence-electron chi connectivity index (χ3n) is 5.45. The molecular formula is C27H23F3N6O3S. The number of aromatic nitrogens is 4. The number of nitrogens with zero attached hydrogens (tertiary/aromatic N) is 4. The first-order chi connectivity index (χ1) is 19.1. The first kappa shape index (κ1) is 28.2. The third kappa shape index (κ3) is 7.20. The lowest BCUT2D eigenvalue weighted by Gasteiger charge is -2.04. The van der Waals surface area contributed by atoms with Gasteiger partial charge in [-0.05, 0) is 36.8 Å². The van der Waals surface area contributed by atoms with E-state index in [2.05, 4.69) is 20.6 Å². The van der Waals surface area contributed by atoms with Crippen LogP contribution in [0.5, 0.6) is 0 Å². The number of thiazole rings is 1. The summed E-state index contributed by atoms with van der Waals surface area (Å²) in [4.78, 5) is 36.3. The number of nitrogens with one attached hydrogen (secondary N) is 2. The van der Waals surface area contributed by atoms with Crippen LogP contribution < -0.4 is 10.6 Å². The molecule has 0 aliphatic rings. The molecule has 5 rings (SSSR count). The number of aryl methyl sites for hydroxylation is 1. The lowest BCUT2D eigenvalue weighted by molar-refractivity contribution is -0.192. The molecule has 1 aromatic carbocycles. The first-order valence-electron chi connectivity index (χ1n) is 11.8. The number of carboxylic acid groups (broad SMARTS) is 1. The Hall–Kier alpha value is -4.78. The molecule has 0 saturated carbocycles. The number of halogens is 3. The Morgan fingerprint density at radius 2 is 1.73 bits per heavy atom. The summed E-state index contributed by atoms with van der Waals surface area (Å²) in [6.07, 6.45) is 0.378. The summed E-state index contributed by atoms with van der Waals surface area (Å²) in [7, 11) is 0. The Labute approximate surface area is 230 Å². The van der Waals surface area contributed by atoms with Gasteiger partial charge in [0.25, 0.3) is 5.91 Å². The van der Waals surface area contributed by atoms with Crippen LogP contribution in [-0.2, 0) is 17.9 Å². The number of hydrogen-bond acceptors (Lipinski definition) is 7. The second-order valence-electron chi connectivity index (χ2n) is 8.42. The molecule has 0 aliphatic heterocycles. The molecule has 4 aromatic heterocycles. The summed E-state index contributed by atoms with van der Waals surface area (Å²) in [6.45, 7) is 3.07. The predicted octanol–water partition coefficient (Wildman–Crippen LogP) is 5.34. The first-order valence-corrected chi connectivity index (χ1v) is 12.6. The number of carbonyl (C=O) groups excluding carboxylic acids is 1. The maximum absolute atomic E-state index is 13.0. The Morgan fingerprint density at radius 1 is 1.00 bits per heavy atom. The summed E-state index contributed by atoms with van der Waals surface area (Å²) in [5.74, 6) is -2.27. The van der Waals surface area contributed by atoms with Gasteiger partial charge in [-0.15, -0.1) is 0 Å². The van der Waals surface area contributed by atoms with E-state index in [1.807, 2.05) is 78.2 Å². The van der Waals surface area contributed by atoms with E-state index in [9.17, 15) is 18.0 Å². The average Bonchev–Trinajstić information content (AvgIpc) is 3.57. The molecule has 13 heteroatoms. The molecule has 9 nitrogen and oxygen atoms in total. The van der Waals surface area contributed by atoms with E-state index in [-0.39, 0.29) is 5.91 Å². The highest BCUT2D eigenvalue weighted by Crippen LogP contribution is 2.30. The standard InChI is InChI=1S/C25H22N6OS.C2HF3O2/c1-17-8-10-18(11-9-17)14-27-24(32)22-20-7-3-5-13-31(20)23(30-22)21-16-29-25(33-21)28-15-19-6-2-4-12-26-19;3-2(4,5)1(6)7/h2-13,16H,14-15H2,1H3,(H,27,32)(H,28,29);(H,6,7). The van der Waals surface area contributed by atoms with Crippen molar-refractivity contribution in [2.75, 3.05) is 5.32 Å². The van der Waals surface area contributed by atoms with Crippen molar-refractivity contribution in [3.05, 3.63) is 102 Å². The van der Waals surface area contributed by atoms with Gasteiger partial charge in [0.2, 0.25) is 0 Å². The number of fused-ring (bicyclic) bond motifs is 1. The Morgan fingerprint density at radius 3 is 2.40 bits per heavy atom. The monoisotopic (exact) mass is 568 g/mol. The molecular weight excluding hydrogens is 545 g/mol. The number of hydrogen-bond donors (Lipinski definition) is 3. The van der Waals surface area contributed by atoms with E-state index >= 15 is 0 Å². The van der Waals surface area contributed by atoms with Crippen LogP contribution in [0.3, 0.4) is 0 Å². The fraction of sp³-hybridized carbons (Fsp3) is 0.148. The van der Waals surface area contributed by atoms with Crippen molar-refractivity contribution >= 4 is 33.9 Å². The normalized spacial score (nSPS) is 11.0. The molecule has 0 bridgehead atoms. The summed E-state index contributed by atoms with van der Waals surface area (Å²) in [5, 5.41) is 14.2.